The predicted octanol–water partition coefficient (Wildman–Crippen LogP) is 2.51. The van der Waals surface area contributed by atoms with E-state index >= 15 is 0 Å². The third-order valence-electron chi connectivity index (χ3n) is 4.80. The van der Waals surface area contributed by atoms with E-state index in [-0.39, 0.29) is 18.2 Å². The molecule has 0 aliphatic heterocycles. The van der Waals surface area contributed by atoms with Crippen molar-refractivity contribution < 1.29 is 9.90 Å². The van der Waals surface area contributed by atoms with Crippen molar-refractivity contribution in [1.82, 2.24) is 10.2 Å². The summed E-state index contributed by atoms with van der Waals surface area (Å²) in [6, 6.07) is 0.720. The van der Waals surface area contributed by atoms with Crippen LogP contribution in [0, 0.1) is 5.92 Å². The van der Waals surface area contributed by atoms with Gasteiger partial charge in [0, 0.05) is 19.1 Å². The highest BCUT2D eigenvalue weighted by molar-refractivity contribution is 5.74. The molecule has 2 aliphatic rings. The minimum absolute atomic E-state index is 0.0699. The molecule has 2 saturated carbocycles. The fourth-order valence-corrected chi connectivity index (χ4v) is 3.42. The lowest BCUT2D eigenvalue weighted by Crippen LogP contribution is -2.49. The summed E-state index contributed by atoms with van der Waals surface area (Å²) >= 11 is 0. The molecule has 0 spiro atoms. The molecule has 2 fully saturated rings. The third-order valence-corrected chi connectivity index (χ3v) is 4.80. The Labute approximate surface area is 116 Å². The molecule has 0 radical (unpaired) electrons. The molecule has 0 aromatic rings. The third kappa shape index (κ3) is 4.10. The van der Waals surface area contributed by atoms with Gasteiger partial charge in [-0.15, -0.1) is 0 Å². The first-order chi connectivity index (χ1) is 9.06. The van der Waals surface area contributed by atoms with Gasteiger partial charge in [-0.3, -0.25) is 0 Å². The van der Waals surface area contributed by atoms with Crippen molar-refractivity contribution in [3.05, 3.63) is 0 Å². The van der Waals surface area contributed by atoms with Crippen LogP contribution in [-0.2, 0) is 0 Å². The molecular formula is C15H28N2O2. The average Bonchev–Trinajstić information content (AvgIpc) is 2.40. The number of hydrogen-bond acceptors (Lipinski definition) is 2. The lowest BCUT2D eigenvalue weighted by molar-refractivity contribution is 0.112. The summed E-state index contributed by atoms with van der Waals surface area (Å²) in [5.41, 5.74) is 0. The van der Waals surface area contributed by atoms with Gasteiger partial charge < -0.3 is 15.3 Å². The van der Waals surface area contributed by atoms with Crippen LogP contribution in [0.4, 0.5) is 4.79 Å². The van der Waals surface area contributed by atoms with Gasteiger partial charge in [0.2, 0.25) is 0 Å². The van der Waals surface area contributed by atoms with Gasteiger partial charge in [-0.1, -0.05) is 19.8 Å². The van der Waals surface area contributed by atoms with E-state index in [1.807, 2.05) is 11.9 Å². The maximum atomic E-state index is 12.3. The summed E-state index contributed by atoms with van der Waals surface area (Å²) in [6.07, 6.45) is 8.08. The van der Waals surface area contributed by atoms with Crippen LogP contribution in [0.1, 0.15) is 58.3 Å². The number of aliphatic hydroxyl groups is 1. The molecule has 4 nitrogen and oxygen atoms in total. The lowest BCUT2D eigenvalue weighted by atomic mass is 9.86. The van der Waals surface area contributed by atoms with Gasteiger partial charge in [0.15, 0.2) is 0 Å². The smallest absolute Gasteiger partial charge is 0.317 e. The maximum Gasteiger partial charge on any atom is 0.317 e. The molecule has 2 rings (SSSR count). The number of carbonyl (C=O) groups is 1. The first kappa shape index (κ1) is 14.6. The largest absolute Gasteiger partial charge is 0.393 e. The van der Waals surface area contributed by atoms with Crippen LogP contribution in [0.25, 0.3) is 0 Å². The number of hydrogen-bond donors (Lipinski definition) is 2. The van der Waals surface area contributed by atoms with Gasteiger partial charge in [0.1, 0.15) is 0 Å². The Morgan fingerprint density at radius 2 is 1.84 bits per heavy atom. The second kappa shape index (κ2) is 6.60. The van der Waals surface area contributed by atoms with Crippen molar-refractivity contribution >= 4 is 6.03 Å². The first-order valence-corrected chi connectivity index (χ1v) is 7.77. The highest BCUT2D eigenvalue weighted by Gasteiger charge is 2.27. The van der Waals surface area contributed by atoms with Gasteiger partial charge in [-0.2, -0.15) is 0 Å². The average molecular weight is 268 g/mol. The van der Waals surface area contributed by atoms with Crippen LogP contribution in [0.3, 0.4) is 0 Å². The summed E-state index contributed by atoms with van der Waals surface area (Å²) in [5, 5.41) is 12.6. The van der Waals surface area contributed by atoms with Crippen molar-refractivity contribution in [2.45, 2.75) is 76.5 Å². The van der Waals surface area contributed by atoms with E-state index in [4.69, 9.17) is 0 Å². The molecule has 2 N–H and O–H groups in total. The summed E-state index contributed by atoms with van der Waals surface area (Å²) in [4.78, 5) is 14.2. The van der Waals surface area contributed by atoms with E-state index in [0.29, 0.717) is 6.04 Å². The van der Waals surface area contributed by atoms with Crippen LogP contribution in [0.2, 0.25) is 0 Å². The second-order valence-electron chi connectivity index (χ2n) is 6.49. The number of nitrogens with zero attached hydrogens (tertiary/aromatic N) is 1. The van der Waals surface area contributed by atoms with E-state index in [0.717, 1.165) is 44.4 Å². The zero-order valence-electron chi connectivity index (χ0n) is 12.3. The summed E-state index contributed by atoms with van der Waals surface area (Å²) in [7, 11) is 1.93. The Morgan fingerprint density at radius 3 is 2.47 bits per heavy atom. The minimum Gasteiger partial charge on any atom is -0.393 e. The van der Waals surface area contributed by atoms with Gasteiger partial charge >= 0.3 is 6.03 Å². The molecule has 2 atom stereocenters. The zero-order chi connectivity index (χ0) is 13.8. The molecule has 110 valence electrons. The van der Waals surface area contributed by atoms with Crippen LogP contribution < -0.4 is 5.32 Å². The van der Waals surface area contributed by atoms with E-state index in [1.165, 1.54) is 12.8 Å². The number of amides is 2. The lowest BCUT2D eigenvalue weighted by Gasteiger charge is -2.35. The molecule has 4 heteroatoms. The summed E-state index contributed by atoms with van der Waals surface area (Å²) in [5.74, 6) is 0.735. The van der Waals surface area contributed by atoms with Crippen molar-refractivity contribution in [2.24, 2.45) is 5.92 Å². The topological polar surface area (TPSA) is 52.6 Å². The quantitative estimate of drug-likeness (QED) is 0.808. The van der Waals surface area contributed by atoms with Gasteiger partial charge in [-0.05, 0) is 44.4 Å². The minimum atomic E-state index is -0.162. The fraction of sp³-hybridized carbons (Fsp3) is 0.933. The predicted molar refractivity (Wildman–Crippen MR) is 76.0 cm³/mol. The Bertz CT molecular complexity index is 301. The number of rotatable bonds is 2. The summed E-state index contributed by atoms with van der Waals surface area (Å²) in [6.45, 7) is 2.28. The van der Waals surface area contributed by atoms with E-state index in [2.05, 4.69) is 12.2 Å². The van der Waals surface area contributed by atoms with Gasteiger partial charge in [0.25, 0.3) is 0 Å². The summed E-state index contributed by atoms with van der Waals surface area (Å²) < 4.78 is 0. The molecule has 2 aliphatic carbocycles. The molecule has 0 bridgehead atoms. The molecule has 0 heterocycles. The second-order valence-corrected chi connectivity index (χ2v) is 6.49. The van der Waals surface area contributed by atoms with Crippen LogP contribution in [-0.4, -0.2) is 41.3 Å². The molecular weight excluding hydrogens is 240 g/mol. The maximum absolute atomic E-state index is 12.3. The molecule has 2 unspecified atom stereocenters. The fourth-order valence-electron chi connectivity index (χ4n) is 3.42. The Hall–Kier alpha value is -0.770. The number of carbonyl (C=O) groups excluding carboxylic acids is 1. The Balaban J connectivity index is 1.78. The highest BCUT2D eigenvalue weighted by atomic mass is 16.3. The first-order valence-electron chi connectivity index (χ1n) is 7.77. The van der Waals surface area contributed by atoms with Gasteiger partial charge in [-0.25, -0.2) is 4.79 Å². The number of nitrogens with one attached hydrogen (secondary N) is 1. The number of urea groups is 1. The molecule has 2 amide bonds. The Kier molecular flexibility index (Phi) is 5.08. The normalized spacial score (nSPS) is 35.7. The van der Waals surface area contributed by atoms with Crippen LogP contribution >= 0.6 is 0 Å². The van der Waals surface area contributed by atoms with E-state index in [1.54, 1.807) is 0 Å². The van der Waals surface area contributed by atoms with Crippen molar-refractivity contribution in [1.29, 1.82) is 0 Å². The highest BCUT2D eigenvalue weighted by Crippen LogP contribution is 2.27. The Morgan fingerprint density at radius 1 is 1.16 bits per heavy atom. The van der Waals surface area contributed by atoms with Crippen molar-refractivity contribution in [3.8, 4) is 0 Å². The van der Waals surface area contributed by atoms with Crippen LogP contribution in [0.15, 0.2) is 0 Å². The molecule has 0 aromatic carbocycles. The molecule has 19 heavy (non-hydrogen) atoms. The van der Waals surface area contributed by atoms with Crippen molar-refractivity contribution in [2.75, 3.05) is 7.05 Å². The van der Waals surface area contributed by atoms with Crippen molar-refractivity contribution in [3.63, 3.8) is 0 Å². The molecule has 0 aromatic heterocycles. The standard InChI is InChI=1S/C15H28N2O2/c1-11-4-3-5-13(10-11)17(2)15(19)16-12-6-8-14(18)9-7-12/h11-14,18H,3-10H2,1-2H3,(H,16,19). The SMILES string of the molecule is CC1CCCC(N(C)C(=O)NC2CCC(O)CC2)C1. The van der Waals surface area contributed by atoms with Gasteiger partial charge in [0.05, 0.1) is 6.10 Å². The van der Waals surface area contributed by atoms with Crippen LogP contribution in [0.5, 0.6) is 0 Å². The number of aliphatic hydroxyl groups excluding tert-OH is 1. The zero-order valence-corrected chi connectivity index (χ0v) is 12.3. The van der Waals surface area contributed by atoms with E-state index < -0.39 is 0 Å². The van der Waals surface area contributed by atoms with E-state index in [9.17, 15) is 9.90 Å². The monoisotopic (exact) mass is 268 g/mol. The molecule has 0 saturated heterocycles.